The molecule has 0 saturated heterocycles. The summed E-state index contributed by atoms with van der Waals surface area (Å²) in [6, 6.07) is 6.21. The summed E-state index contributed by atoms with van der Waals surface area (Å²) >= 11 is 6.57. The molecule has 0 bridgehead atoms. The van der Waals surface area contributed by atoms with Gasteiger partial charge in [-0.15, -0.1) is 0 Å². The highest BCUT2D eigenvalue weighted by Gasteiger charge is 2.63. The Kier molecular flexibility index (Phi) is 3.86. The van der Waals surface area contributed by atoms with E-state index in [1.807, 2.05) is 37.8 Å². The number of rotatable bonds is 5. The Balaban J connectivity index is 1.24. The number of nitrogens with zero attached hydrogens (tertiary/aromatic N) is 3. The molecular formula is C24H25ClN4O. The maximum Gasteiger partial charge on any atom is 0.229 e. The summed E-state index contributed by atoms with van der Waals surface area (Å²) < 4.78 is 1.80. The number of nitrogens with one attached hydrogen (secondary N) is 1. The van der Waals surface area contributed by atoms with E-state index >= 15 is 0 Å². The third kappa shape index (κ3) is 2.86. The Morgan fingerprint density at radius 3 is 2.77 bits per heavy atom. The molecule has 4 atom stereocenters. The van der Waals surface area contributed by atoms with Gasteiger partial charge in [-0.2, -0.15) is 5.10 Å². The fraction of sp³-hybridized carbons (Fsp3) is 0.458. The van der Waals surface area contributed by atoms with Crippen molar-refractivity contribution in [3.05, 3.63) is 52.9 Å². The Bertz CT molecular complexity index is 1180. The molecule has 3 aliphatic carbocycles. The highest BCUT2D eigenvalue weighted by atomic mass is 35.5. The fourth-order valence-electron chi connectivity index (χ4n) is 5.54. The lowest BCUT2D eigenvalue weighted by Gasteiger charge is -2.09. The van der Waals surface area contributed by atoms with Crippen LogP contribution in [0.5, 0.6) is 0 Å². The van der Waals surface area contributed by atoms with Crippen molar-refractivity contribution in [3.8, 4) is 0 Å². The van der Waals surface area contributed by atoms with Gasteiger partial charge in [0.15, 0.2) is 0 Å². The standard InChI is InChI=1S/C24H25ClN4O/c1-3-16-21(15-11-27-29(2)12-15)22(16)23(30)28-20-8-13-6-17(18-9-24(18)4-5-24)19(25)7-14(13)10-26-20/h6-8,10-12,16,18,21-22H,3-5,9H2,1-2H3,(H,26,28,30)/t16?,18-,21?,22?/m0/s1. The van der Waals surface area contributed by atoms with E-state index < -0.39 is 0 Å². The molecule has 2 heterocycles. The quantitative estimate of drug-likeness (QED) is 0.611. The summed E-state index contributed by atoms with van der Waals surface area (Å²) in [6.45, 7) is 2.14. The second kappa shape index (κ2) is 6.30. The number of fused-ring (bicyclic) bond motifs is 1. The smallest absolute Gasteiger partial charge is 0.229 e. The van der Waals surface area contributed by atoms with Crippen molar-refractivity contribution >= 4 is 34.1 Å². The van der Waals surface area contributed by atoms with Crippen molar-refractivity contribution in [2.75, 3.05) is 5.32 Å². The van der Waals surface area contributed by atoms with Gasteiger partial charge in [-0.1, -0.05) is 24.9 Å². The fourth-order valence-corrected chi connectivity index (χ4v) is 5.84. The molecule has 3 saturated carbocycles. The number of anilines is 1. The van der Waals surface area contributed by atoms with E-state index in [9.17, 15) is 4.79 Å². The number of pyridine rings is 1. The van der Waals surface area contributed by atoms with Crippen LogP contribution < -0.4 is 5.32 Å². The van der Waals surface area contributed by atoms with Crippen molar-refractivity contribution < 1.29 is 4.79 Å². The predicted octanol–water partition coefficient (Wildman–Crippen LogP) is 5.27. The van der Waals surface area contributed by atoms with E-state index in [2.05, 4.69) is 28.4 Å². The minimum absolute atomic E-state index is 0.0151. The first kappa shape index (κ1) is 18.4. The Morgan fingerprint density at radius 1 is 1.27 bits per heavy atom. The first-order valence-electron chi connectivity index (χ1n) is 10.9. The van der Waals surface area contributed by atoms with Crippen molar-refractivity contribution in [3.63, 3.8) is 0 Å². The second-order valence-electron chi connectivity index (χ2n) is 9.47. The summed E-state index contributed by atoms with van der Waals surface area (Å²) in [5.74, 6) is 1.88. The normalized spacial score (nSPS) is 28.0. The molecule has 1 spiro atoms. The number of halogens is 1. The van der Waals surface area contributed by atoms with Gasteiger partial charge < -0.3 is 5.32 Å². The van der Waals surface area contributed by atoms with Crippen LogP contribution in [0.2, 0.25) is 5.02 Å². The Labute approximate surface area is 180 Å². The largest absolute Gasteiger partial charge is 0.310 e. The minimum atomic E-state index is -0.0151. The van der Waals surface area contributed by atoms with Crippen LogP contribution in [0.3, 0.4) is 0 Å². The maximum atomic E-state index is 13.0. The van der Waals surface area contributed by atoms with Crippen molar-refractivity contribution in [2.45, 2.75) is 44.4 Å². The predicted molar refractivity (Wildman–Crippen MR) is 118 cm³/mol. The SMILES string of the molecule is CCC1C(C(=O)Nc2cc3cc([C@@H]4CC45CC5)c(Cl)cc3cn2)C1c1cnn(C)c1. The molecule has 3 fully saturated rings. The van der Waals surface area contributed by atoms with E-state index in [-0.39, 0.29) is 17.7 Å². The number of carbonyl (C=O) groups excluding carboxylic acids is 1. The third-order valence-corrected chi connectivity index (χ3v) is 7.93. The first-order valence-corrected chi connectivity index (χ1v) is 11.3. The average molecular weight is 421 g/mol. The van der Waals surface area contributed by atoms with Crippen LogP contribution in [0, 0.1) is 17.3 Å². The van der Waals surface area contributed by atoms with Gasteiger partial charge in [-0.3, -0.25) is 9.48 Å². The van der Waals surface area contributed by atoms with Gasteiger partial charge in [-0.25, -0.2) is 4.98 Å². The molecule has 154 valence electrons. The molecule has 0 aliphatic heterocycles. The third-order valence-electron chi connectivity index (χ3n) is 7.60. The number of hydrogen-bond acceptors (Lipinski definition) is 3. The van der Waals surface area contributed by atoms with Crippen LogP contribution in [0.1, 0.15) is 55.6 Å². The molecule has 2 aromatic heterocycles. The van der Waals surface area contributed by atoms with Crippen LogP contribution in [0.15, 0.2) is 36.8 Å². The number of hydrogen-bond donors (Lipinski definition) is 1. The summed E-state index contributed by atoms with van der Waals surface area (Å²) in [5, 5.41) is 10.3. The first-order chi connectivity index (χ1) is 14.5. The van der Waals surface area contributed by atoms with Crippen molar-refractivity contribution in [1.29, 1.82) is 0 Å². The molecule has 0 radical (unpaired) electrons. The zero-order chi connectivity index (χ0) is 20.6. The average Bonchev–Trinajstić information content (AvgIpc) is 3.67. The molecule has 3 aromatic rings. The summed E-state index contributed by atoms with van der Waals surface area (Å²) in [4.78, 5) is 17.5. The van der Waals surface area contributed by atoms with E-state index in [0.717, 1.165) is 27.8 Å². The molecule has 1 N–H and O–H groups in total. The number of aryl methyl sites for hydroxylation is 1. The molecule has 5 nitrogen and oxygen atoms in total. The van der Waals surface area contributed by atoms with Gasteiger partial charge in [0.05, 0.1) is 6.20 Å². The molecule has 1 aromatic carbocycles. The Morgan fingerprint density at radius 2 is 2.10 bits per heavy atom. The molecule has 1 amide bonds. The molecule has 3 unspecified atom stereocenters. The number of benzene rings is 1. The molecule has 6 rings (SSSR count). The summed E-state index contributed by atoms with van der Waals surface area (Å²) in [5.41, 5.74) is 2.97. The van der Waals surface area contributed by atoms with Gasteiger partial charge in [0, 0.05) is 41.7 Å². The lowest BCUT2D eigenvalue weighted by molar-refractivity contribution is -0.117. The molecule has 30 heavy (non-hydrogen) atoms. The summed E-state index contributed by atoms with van der Waals surface area (Å²) in [7, 11) is 1.91. The monoisotopic (exact) mass is 420 g/mol. The van der Waals surface area contributed by atoms with E-state index in [0.29, 0.717) is 23.1 Å². The summed E-state index contributed by atoms with van der Waals surface area (Å²) in [6.07, 6.45) is 10.6. The van der Waals surface area contributed by atoms with E-state index in [4.69, 9.17) is 11.6 Å². The van der Waals surface area contributed by atoms with Crippen LogP contribution in [0.25, 0.3) is 10.8 Å². The van der Waals surface area contributed by atoms with E-state index in [1.54, 1.807) is 4.68 Å². The van der Waals surface area contributed by atoms with Crippen LogP contribution >= 0.6 is 11.6 Å². The Hall–Kier alpha value is -2.40. The highest BCUT2D eigenvalue weighted by molar-refractivity contribution is 6.32. The van der Waals surface area contributed by atoms with Crippen LogP contribution in [0.4, 0.5) is 5.82 Å². The van der Waals surface area contributed by atoms with Gasteiger partial charge >= 0.3 is 0 Å². The number of carbonyl (C=O) groups is 1. The molecular weight excluding hydrogens is 396 g/mol. The van der Waals surface area contributed by atoms with Gasteiger partial charge in [0.1, 0.15) is 5.82 Å². The van der Waals surface area contributed by atoms with Gasteiger partial charge in [0.25, 0.3) is 0 Å². The number of aromatic nitrogens is 3. The zero-order valence-corrected chi connectivity index (χ0v) is 18.0. The van der Waals surface area contributed by atoms with Crippen LogP contribution in [-0.2, 0) is 11.8 Å². The number of amides is 1. The van der Waals surface area contributed by atoms with Gasteiger partial charge in [-0.05, 0) is 71.2 Å². The maximum absolute atomic E-state index is 13.0. The molecule has 6 heteroatoms. The van der Waals surface area contributed by atoms with Crippen molar-refractivity contribution in [1.82, 2.24) is 14.8 Å². The van der Waals surface area contributed by atoms with Gasteiger partial charge in [0.2, 0.25) is 5.91 Å². The van der Waals surface area contributed by atoms with Crippen molar-refractivity contribution in [2.24, 2.45) is 24.3 Å². The van der Waals surface area contributed by atoms with E-state index in [1.165, 1.54) is 24.8 Å². The topological polar surface area (TPSA) is 59.8 Å². The second-order valence-corrected chi connectivity index (χ2v) is 9.88. The lowest BCUT2D eigenvalue weighted by Crippen LogP contribution is -2.16. The zero-order valence-electron chi connectivity index (χ0n) is 17.2. The lowest BCUT2D eigenvalue weighted by atomic mass is 10.0. The van der Waals surface area contributed by atoms with Crippen LogP contribution in [-0.4, -0.2) is 20.7 Å². The minimum Gasteiger partial charge on any atom is -0.310 e. The molecule has 3 aliphatic rings. The highest BCUT2D eigenvalue weighted by Crippen LogP contribution is 2.75.